The molecule has 0 unspecified atom stereocenters. The van der Waals surface area contributed by atoms with Gasteiger partial charge in [-0.2, -0.15) is 0 Å². The highest BCUT2D eigenvalue weighted by Crippen LogP contribution is 2.24. The smallest absolute Gasteiger partial charge is 0.0376 e. The molecular weight excluding hydrogens is 208 g/mol. The summed E-state index contributed by atoms with van der Waals surface area (Å²) in [6, 6.07) is 7.59. The SMILES string of the molecule is CCC(CC)N(C)Cc1ccc2c(c1)NCC2. The zero-order valence-corrected chi connectivity index (χ0v) is 11.3. The fourth-order valence-corrected chi connectivity index (χ4v) is 2.77. The van der Waals surface area contributed by atoms with Gasteiger partial charge in [-0.15, -0.1) is 0 Å². The van der Waals surface area contributed by atoms with Crippen LogP contribution < -0.4 is 5.32 Å². The molecule has 17 heavy (non-hydrogen) atoms. The summed E-state index contributed by atoms with van der Waals surface area (Å²) in [7, 11) is 2.23. The van der Waals surface area contributed by atoms with Crippen LogP contribution >= 0.6 is 0 Å². The second kappa shape index (κ2) is 5.54. The van der Waals surface area contributed by atoms with Crippen LogP contribution in [0, 0.1) is 0 Å². The maximum Gasteiger partial charge on any atom is 0.0376 e. The first-order valence-corrected chi connectivity index (χ1v) is 6.80. The summed E-state index contributed by atoms with van der Waals surface area (Å²) in [5.41, 5.74) is 4.24. The van der Waals surface area contributed by atoms with Gasteiger partial charge in [-0.3, -0.25) is 4.90 Å². The predicted molar refractivity (Wildman–Crippen MR) is 74.5 cm³/mol. The van der Waals surface area contributed by atoms with Crippen LogP contribution in [0.2, 0.25) is 0 Å². The topological polar surface area (TPSA) is 15.3 Å². The summed E-state index contributed by atoms with van der Waals surface area (Å²) in [5.74, 6) is 0. The first-order chi connectivity index (χ1) is 8.24. The van der Waals surface area contributed by atoms with E-state index in [-0.39, 0.29) is 0 Å². The average molecular weight is 232 g/mol. The van der Waals surface area contributed by atoms with Crippen LogP contribution in [0.15, 0.2) is 18.2 Å². The van der Waals surface area contributed by atoms with Crippen LogP contribution in [0.25, 0.3) is 0 Å². The maximum absolute atomic E-state index is 3.45. The van der Waals surface area contributed by atoms with Gasteiger partial charge in [-0.25, -0.2) is 0 Å². The van der Waals surface area contributed by atoms with Gasteiger partial charge in [0.05, 0.1) is 0 Å². The molecule has 0 amide bonds. The number of nitrogens with one attached hydrogen (secondary N) is 1. The summed E-state index contributed by atoms with van der Waals surface area (Å²) in [5, 5.41) is 3.45. The van der Waals surface area contributed by atoms with E-state index in [0.717, 1.165) is 13.1 Å². The van der Waals surface area contributed by atoms with E-state index in [2.05, 4.69) is 49.3 Å². The van der Waals surface area contributed by atoms with E-state index in [1.165, 1.54) is 36.1 Å². The molecule has 2 heteroatoms. The minimum Gasteiger partial charge on any atom is -0.384 e. The second-order valence-corrected chi connectivity index (χ2v) is 5.05. The summed E-state index contributed by atoms with van der Waals surface area (Å²) in [4.78, 5) is 2.47. The van der Waals surface area contributed by atoms with Gasteiger partial charge in [0.15, 0.2) is 0 Å². The predicted octanol–water partition coefficient (Wildman–Crippen LogP) is 3.28. The number of hydrogen-bond donors (Lipinski definition) is 1. The van der Waals surface area contributed by atoms with Crippen molar-refractivity contribution in [3.05, 3.63) is 29.3 Å². The second-order valence-electron chi connectivity index (χ2n) is 5.05. The molecule has 0 fully saturated rings. The fraction of sp³-hybridized carbons (Fsp3) is 0.600. The molecule has 0 saturated heterocycles. The van der Waals surface area contributed by atoms with Crippen molar-refractivity contribution in [3.8, 4) is 0 Å². The summed E-state index contributed by atoms with van der Waals surface area (Å²) >= 11 is 0. The van der Waals surface area contributed by atoms with Gasteiger partial charge in [0.1, 0.15) is 0 Å². The van der Waals surface area contributed by atoms with E-state index >= 15 is 0 Å². The summed E-state index contributed by atoms with van der Waals surface area (Å²) in [6.07, 6.45) is 3.64. The lowest BCUT2D eigenvalue weighted by Crippen LogP contribution is -2.29. The minimum atomic E-state index is 0.705. The normalized spacial score (nSPS) is 14.2. The van der Waals surface area contributed by atoms with Crippen molar-refractivity contribution in [2.45, 2.75) is 45.7 Å². The van der Waals surface area contributed by atoms with Crippen molar-refractivity contribution >= 4 is 5.69 Å². The lowest BCUT2D eigenvalue weighted by atomic mass is 10.1. The van der Waals surface area contributed by atoms with Crippen molar-refractivity contribution in [2.75, 3.05) is 18.9 Å². The molecule has 2 nitrogen and oxygen atoms in total. The van der Waals surface area contributed by atoms with Crippen LogP contribution in [0.5, 0.6) is 0 Å². The summed E-state index contributed by atoms with van der Waals surface area (Å²) in [6.45, 7) is 6.70. The molecule has 0 atom stereocenters. The first kappa shape index (κ1) is 12.4. The van der Waals surface area contributed by atoms with Crippen LogP contribution in [0.3, 0.4) is 0 Å². The van der Waals surface area contributed by atoms with Crippen molar-refractivity contribution < 1.29 is 0 Å². The minimum absolute atomic E-state index is 0.705. The Morgan fingerprint density at radius 2 is 2.06 bits per heavy atom. The Hall–Kier alpha value is -1.02. The van der Waals surface area contributed by atoms with E-state index in [1.807, 2.05) is 0 Å². The van der Waals surface area contributed by atoms with Crippen molar-refractivity contribution in [1.82, 2.24) is 4.90 Å². The standard InChI is InChI=1S/C15H24N2/c1-4-14(5-2)17(3)11-12-6-7-13-8-9-16-15(13)10-12/h6-7,10,14,16H,4-5,8-9,11H2,1-3H3. The molecule has 1 heterocycles. The van der Waals surface area contributed by atoms with Gasteiger partial charge < -0.3 is 5.32 Å². The molecule has 1 aliphatic rings. The molecule has 0 aliphatic carbocycles. The van der Waals surface area contributed by atoms with Gasteiger partial charge in [-0.05, 0) is 43.5 Å². The van der Waals surface area contributed by atoms with E-state index in [1.54, 1.807) is 0 Å². The third-order valence-corrected chi connectivity index (χ3v) is 3.88. The number of hydrogen-bond acceptors (Lipinski definition) is 2. The van der Waals surface area contributed by atoms with Crippen LogP contribution in [-0.4, -0.2) is 24.5 Å². The molecular formula is C15H24N2. The van der Waals surface area contributed by atoms with Gasteiger partial charge in [-0.1, -0.05) is 26.0 Å². The third kappa shape index (κ3) is 2.81. The molecule has 2 rings (SSSR count). The molecule has 0 bridgehead atoms. The zero-order chi connectivity index (χ0) is 12.3. The molecule has 1 aromatic rings. The monoisotopic (exact) mass is 232 g/mol. The van der Waals surface area contributed by atoms with E-state index in [9.17, 15) is 0 Å². The Morgan fingerprint density at radius 3 is 2.76 bits per heavy atom. The number of fused-ring (bicyclic) bond motifs is 1. The highest BCUT2D eigenvalue weighted by molar-refractivity contribution is 5.56. The number of nitrogens with zero attached hydrogens (tertiary/aromatic N) is 1. The lowest BCUT2D eigenvalue weighted by Gasteiger charge is -2.26. The summed E-state index contributed by atoms with van der Waals surface area (Å²) < 4.78 is 0. The zero-order valence-electron chi connectivity index (χ0n) is 11.3. The van der Waals surface area contributed by atoms with Gasteiger partial charge in [0.25, 0.3) is 0 Å². The van der Waals surface area contributed by atoms with Gasteiger partial charge in [0, 0.05) is 24.8 Å². The third-order valence-electron chi connectivity index (χ3n) is 3.88. The van der Waals surface area contributed by atoms with Crippen LogP contribution in [-0.2, 0) is 13.0 Å². The molecule has 0 saturated carbocycles. The molecule has 1 N–H and O–H groups in total. The first-order valence-electron chi connectivity index (χ1n) is 6.80. The number of anilines is 1. The van der Waals surface area contributed by atoms with E-state index < -0.39 is 0 Å². The molecule has 0 aromatic heterocycles. The van der Waals surface area contributed by atoms with Crippen molar-refractivity contribution in [1.29, 1.82) is 0 Å². The average Bonchev–Trinajstić information content (AvgIpc) is 2.77. The number of rotatable bonds is 5. The van der Waals surface area contributed by atoms with Crippen LogP contribution in [0.1, 0.15) is 37.8 Å². The fourth-order valence-electron chi connectivity index (χ4n) is 2.77. The van der Waals surface area contributed by atoms with Gasteiger partial charge in [0.2, 0.25) is 0 Å². The van der Waals surface area contributed by atoms with E-state index in [0.29, 0.717) is 6.04 Å². The number of benzene rings is 1. The Bertz CT molecular complexity index is 369. The Balaban J connectivity index is 2.03. The van der Waals surface area contributed by atoms with Gasteiger partial charge >= 0.3 is 0 Å². The highest BCUT2D eigenvalue weighted by Gasteiger charge is 2.13. The molecule has 94 valence electrons. The van der Waals surface area contributed by atoms with Crippen molar-refractivity contribution in [3.63, 3.8) is 0 Å². The van der Waals surface area contributed by atoms with Crippen molar-refractivity contribution in [2.24, 2.45) is 0 Å². The molecule has 1 aliphatic heterocycles. The highest BCUT2D eigenvalue weighted by atomic mass is 15.1. The Morgan fingerprint density at radius 1 is 1.29 bits per heavy atom. The Kier molecular flexibility index (Phi) is 4.06. The largest absolute Gasteiger partial charge is 0.384 e. The Labute approximate surface area is 105 Å². The lowest BCUT2D eigenvalue weighted by molar-refractivity contribution is 0.222. The molecule has 0 radical (unpaired) electrons. The molecule has 1 aromatic carbocycles. The molecule has 0 spiro atoms. The maximum atomic E-state index is 3.45. The quantitative estimate of drug-likeness (QED) is 0.838. The van der Waals surface area contributed by atoms with Crippen LogP contribution in [0.4, 0.5) is 5.69 Å². The van der Waals surface area contributed by atoms with E-state index in [4.69, 9.17) is 0 Å².